The quantitative estimate of drug-likeness (QED) is 0.650. The maximum absolute atomic E-state index is 13.5. The number of hydrogen-bond acceptors (Lipinski definition) is 6. The number of anilines is 1. The molecule has 0 aliphatic heterocycles. The van der Waals surface area contributed by atoms with E-state index >= 15 is 0 Å². The zero-order chi connectivity index (χ0) is 13.8. The van der Waals surface area contributed by atoms with Crippen molar-refractivity contribution in [3.05, 3.63) is 11.1 Å². The molecule has 1 aliphatic carbocycles. The van der Waals surface area contributed by atoms with Crippen LogP contribution in [-0.4, -0.2) is 34.0 Å². The predicted octanol–water partition coefficient (Wildman–Crippen LogP) is 1.81. The molecule has 1 saturated carbocycles. The first-order valence-electron chi connectivity index (χ1n) is 5.90. The first-order chi connectivity index (χ1) is 9.08. The highest BCUT2D eigenvalue weighted by Crippen LogP contribution is 2.24. The second-order valence-corrected chi connectivity index (χ2v) is 5.15. The second-order valence-electron chi connectivity index (χ2n) is 4.26. The Bertz CT molecular complexity index is 491. The summed E-state index contributed by atoms with van der Waals surface area (Å²) in [5.41, 5.74) is 5.21. The number of aromatic nitrogens is 1. The number of hydrogen-bond donors (Lipinski definition) is 2. The normalized spacial score (nSPS) is 24.2. The fraction of sp³-hybridized carbons (Fsp3) is 0.545. The van der Waals surface area contributed by atoms with E-state index in [9.17, 15) is 9.18 Å². The van der Waals surface area contributed by atoms with Crippen LogP contribution in [0.1, 0.15) is 31.4 Å². The number of carboxylic acids is 1. The lowest BCUT2D eigenvalue weighted by atomic mass is 9.96. The Morgan fingerprint density at radius 2 is 2.32 bits per heavy atom. The number of carbonyl (C=O) groups is 1. The lowest BCUT2D eigenvalue weighted by Crippen LogP contribution is -2.28. The molecule has 8 heteroatoms. The summed E-state index contributed by atoms with van der Waals surface area (Å²) in [5, 5.41) is 14.3. The highest BCUT2D eigenvalue weighted by Gasteiger charge is 2.27. The van der Waals surface area contributed by atoms with Crippen LogP contribution in [0.2, 0.25) is 0 Å². The maximum Gasteiger partial charge on any atom is 0.360 e. The molecule has 6 nitrogen and oxygen atoms in total. The largest absolute Gasteiger partial charge is 0.476 e. The van der Waals surface area contributed by atoms with Crippen molar-refractivity contribution in [1.29, 1.82) is 0 Å². The zero-order valence-corrected chi connectivity index (χ0v) is 10.9. The molecule has 1 aromatic rings. The van der Waals surface area contributed by atoms with Gasteiger partial charge in [-0.3, -0.25) is 0 Å². The molecule has 0 radical (unpaired) electrons. The van der Waals surface area contributed by atoms with E-state index in [1.54, 1.807) is 0 Å². The number of alkyl halides is 1. The van der Waals surface area contributed by atoms with Crippen molar-refractivity contribution >= 4 is 28.1 Å². The van der Waals surface area contributed by atoms with E-state index in [0.29, 0.717) is 12.8 Å². The van der Waals surface area contributed by atoms with Gasteiger partial charge in [0.05, 0.1) is 0 Å². The number of halogens is 1. The van der Waals surface area contributed by atoms with E-state index in [2.05, 4.69) is 10.1 Å². The fourth-order valence-electron chi connectivity index (χ4n) is 1.88. The van der Waals surface area contributed by atoms with Crippen LogP contribution in [0.15, 0.2) is 10.5 Å². The number of nitrogens with zero attached hydrogens (tertiary/aromatic N) is 2. The van der Waals surface area contributed by atoms with Gasteiger partial charge in [-0.25, -0.2) is 14.2 Å². The smallest absolute Gasteiger partial charge is 0.360 e. The molecule has 2 atom stereocenters. The van der Waals surface area contributed by atoms with Crippen molar-refractivity contribution < 1.29 is 19.1 Å². The van der Waals surface area contributed by atoms with E-state index < -0.39 is 18.2 Å². The van der Waals surface area contributed by atoms with E-state index in [4.69, 9.17) is 15.7 Å². The van der Waals surface area contributed by atoms with Gasteiger partial charge in [-0.1, -0.05) is 11.6 Å². The summed E-state index contributed by atoms with van der Waals surface area (Å²) in [4.78, 5) is 19.9. The van der Waals surface area contributed by atoms with Crippen LogP contribution < -0.4 is 5.73 Å². The number of aliphatic carboxylic acids is 1. The third-order valence-electron chi connectivity index (χ3n) is 2.87. The van der Waals surface area contributed by atoms with Gasteiger partial charge >= 0.3 is 5.97 Å². The first-order valence-corrected chi connectivity index (χ1v) is 6.78. The van der Waals surface area contributed by atoms with E-state index in [1.807, 2.05) is 0 Å². The molecule has 19 heavy (non-hydrogen) atoms. The molecule has 0 unspecified atom stereocenters. The molecule has 1 aliphatic rings. The van der Waals surface area contributed by atoms with E-state index in [0.717, 1.165) is 24.2 Å². The molecular formula is C11H14FN3O3S. The lowest BCUT2D eigenvalue weighted by molar-refractivity contribution is -0.129. The van der Waals surface area contributed by atoms with Crippen LogP contribution in [0, 0.1) is 0 Å². The number of oxime groups is 1. The van der Waals surface area contributed by atoms with Gasteiger partial charge in [-0.05, 0) is 19.3 Å². The van der Waals surface area contributed by atoms with E-state index in [1.165, 1.54) is 5.38 Å². The molecule has 0 saturated heterocycles. The summed E-state index contributed by atoms with van der Waals surface area (Å²) >= 11 is 1.10. The Hall–Kier alpha value is -1.70. The van der Waals surface area contributed by atoms with Crippen LogP contribution >= 0.6 is 11.3 Å². The van der Waals surface area contributed by atoms with E-state index in [-0.39, 0.29) is 16.5 Å². The molecular weight excluding hydrogens is 273 g/mol. The summed E-state index contributed by atoms with van der Waals surface area (Å²) in [5.74, 6) is -1.28. The van der Waals surface area contributed by atoms with Gasteiger partial charge in [0.15, 0.2) is 11.2 Å². The molecule has 0 spiro atoms. The van der Waals surface area contributed by atoms with Gasteiger partial charge in [0, 0.05) is 5.38 Å². The van der Waals surface area contributed by atoms with Crippen LogP contribution in [-0.2, 0) is 9.63 Å². The highest BCUT2D eigenvalue weighted by molar-refractivity contribution is 7.13. The first kappa shape index (κ1) is 13.7. The van der Waals surface area contributed by atoms with Gasteiger partial charge in [0.25, 0.3) is 0 Å². The molecule has 2 rings (SSSR count). The molecule has 1 fully saturated rings. The standard InChI is InChI=1S/C11H14FN3O3S/c12-6-3-1-2-4-8(6)18-15-9(10(16)17)7-5-19-11(13)14-7/h5-6,8H,1-4H2,(H2,13,14)(H,16,17)/b15-9-/t6-,8-/m1/s1. The number of thiazole rings is 1. The summed E-state index contributed by atoms with van der Waals surface area (Å²) in [6.45, 7) is 0. The molecule has 104 valence electrons. The number of carboxylic acid groups (broad SMARTS) is 1. The summed E-state index contributed by atoms with van der Waals surface area (Å²) in [7, 11) is 0. The minimum absolute atomic E-state index is 0.126. The van der Waals surface area contributed by atoms with Crippen LogP contribution in [0.25, 0.3) is 0 Å². The van der Waals surface area contributed by atoms with Crippen LogP contribution in [0.3, 0.4) is 0 Å². The molecule has 0 aromatic carbocycles. The Morgan fingerprint density at radius 1 is 1.58 bits per heavy atom. The van der Waals surface area contributed by atoms with Gasteiger partial charge in [-0.2, -0.15) is 0 Å². The fourth-order valence-corrected chi connectivity index (χ4v) is 2.43. The lowest BCUT2D eigenvalue weighted by Gasteiger charge is -2.23. The minimum atomic E-state index is -1.28. The SMILES string of the molecule is Nc1nc(/C(=N/O[C@@H]2CCCC[C@H]2F)C(=O)O)cs1. The maximum atomic E-state index is 13.5. The average Bonchev–Trinajstić information content (AvgIpc) is 2.78. The van der Waals surface area contributed by atoms with Crippen molar-refractivity contribution in [1.82, 2.24) is 4.98 Å². The average molecular weight is 287 g/mol. The molecule has 0 bridgehead atoms. The van der Waals surface area contributed by atoms with Gasteiger partial charge in [-0.15, -0.1) is 11.3 Å². The summed E-state index contributed by atoms with van der Waals surface area (Å²) in [6.07, 6.45) is 0.849. The predicted molar refractivity (Wildman–Crippen MR) is 68.9 cm³/mol. The Morgan fingerprint density at radius 3 is 2.89 bits per heavy atom. The number of nitrogens with two attached hydrogens (primary N) is 1. The zero-order valence-electron chi connectivity index (χ0n) is 10.1. The topological polar surface area (TPSA) is 97.8 Å². The van der Waals surface area contributed by atoms with Gasteiger partial charge in [0.1, 0.15) is 11.9 Å². The minimum Gasteiger partial charge on any atom is -0.476 e. The third kappa shape index (κ3) is 3.40. The molecule has 3 N–H and O–H groups in total. The molecule has 1 aromatic heterocycles. The van der Waals surface area contributed by atoms with Crippen molar-refractivity contribution in [2.24, 2.45) is 5.16 Å². The second kappa shape index (κ2) is 5.96. The van der Waals surface area contributed by atoms with Crippen LogP contribution in [0.5, 0.6) is 0 Å². The Labute approximate surface area is 113 Å². The number of rotatable bonds is 4. The highest BCUT2D eigenvalue weighted by atomic mass is 32.1. The summed E-state index contributed by atoms with van der Waals surface area (Å²) < 4.78 is 13.5. The van der Waals surface area contributed by atoms with Crippen LogP contribution in [0.4, 0.5) is 9.52 Å². The van der Waals surface area contributed by atoms with Gasteiger partial charge in [0.2, 0.25) is 5.71 Å². The van der Waals surface area contributed by atoms with Crippen molar-refractivity contribution in [3.8, 4) is 0 Å². The molecule has 1 heterocycles. The van der Waals surface area contributed by atoms with Crippen molar-refractivity contribution in [3.63, 3.8) is 0 Å². The monoisotopic (exact) mass is 287 g/mol. The summed E-state index contributed by atoms with van der Waals surface area (Å²) in [6, 6.07) is 0. The number of nitrogen functional groups attached to an aromatic ring is 1. The Balaban J connectivity index is 2.11. The third-order valence-corrected chi connectivity index (χ3v) is 3.54. The van der Waals surface area contributed by atoms with Gasteiger partial charge < -0.3 is 15.7 Å². The van der Waals surface area contributed by atoms with Crippen molar-refractivity contribution in [2.45, 2.75) is 38.0 Å². The Kier molecular flexibility index (Phi) is 4.31. The molecule has 0 amide bonds. The van der Waals surface area contributed by atoms with Crippen molar-refractivity contribution in [2.75, 3.05) is 5.73 Å².